The summed E-state index contributed by atoms with van der Waals surface area (Å²) in [6, 6.07) is 3.11. The lowest BCUT2D eigenvalue weighted by atomic mass is 9.92. The summed E-state index contributed by atoms with van der Waals surface area (Å²) in [4.78, 5) is 0. The van der Waals surface area contributed by atoms with Gasteiger partial charge < -0.3 is 4.74 Å². The van der Waals surface area contributed by atoms with Gasteiger partial charge in [-0.25, -0.2) is 8.78 Å². The summed E-state index contributed by atoms with van der Waals surface area (Å²) in [7, 11) is 1.51. The zero-order chi connectivity index (χ0) is 13.2. The predicted molar refractivity (Wildman–Crippen MR) is 61.3 cm³/mol. The van der Waals surface area contributed by atoms with Crippen LogP contribution in [0.3, 0.4) is 0 Å². The van der Waals surface area contributed by atoms with Crippen LogP contribution < -0.4 is 4.74 Å². The van der Waals surface area contributed by atoms with Gasteiger partial charge in [-0.15, -0.1) is 0 Å². The van der Waals surface area contributed by atoms with Crippen LogP contribution in [0.4, 0.5) is 8.78 Å². The molecule has 0 radical (unpaired) electrons. The second-order valence-electron chi connectivity index (χ2n) is 4.06. The van der Waals surface area contributed by atoms with Crippen molar-refractivity contribution in [3.05, 3.63) is 28.3 Å². The first-order chi connectivity index (χ1) is 7.85. The third-order valence-electron chi connectivity index (χ3n) is 2.94. The van der Waals surface area contributed by atoms with Crippen molar-refractivity contribution in [2.45, 2.75) is 33.1 Å². The van der Waals surface area contributed by atoms with Crippen LogP contribution in [0.5, 0.6) is 5.75 Å². The van der Waals surface area contributed by atoms with Gasteiger partial charge in [-0.05, 0) is 43.5 Å². The molecule has 1 rings (SSSR count). The summed E-state index contributed by atoms with van der Waals surface area (Å²) < 4.78 is 32.8. The Balaban J connectivity index is 3.46. The van der Waals surface area contributed by atoms with E-state index in [0.717, 1.165) is 0 Å². The molecular weight excluding hydrogens is 224 g/mol. The fraction of sp³-hybridized carbons (Fsp3) is 0.462. The van der Waals surface area contributed by atoms with Crippen molar-refractivity contribution in [2.24, 2.45) is 0 Å². The topological polar surface area (TPSA) is 33.0 Å². The molecule has 0 unspecified atom stereocenters. The first kappa shape index (κ1) is 13.4. The third-order valence-corrected chi connectivity index (χ3v) is 2.94. The number of alkyl halides is 2. The third kappa shape index (κ3) is 2.38. The summed E-state index contributed by atoms with van der Waals surface area (Å²) in [5, 5.41) is 8.46. The molecule has 0 spiro atoms. The van der Waals surface area contributed by atoms with Crippen LogP contribution in [0.1, 0.15) is 28.7 Å². The van der Waals surface area contributed by atoms with Crippen LogP contribution in [0.2, 0.25) is 0 Å². The molecule has 0 N–H and O–H groups in total. The van der Waals surface area contributed by atoms with Crippen molar-refractivity contribution in [1.29, 1.82) is 5.26 Å². The molecule has 1 aromatic rings. The van der Waals surface area contributed by atoms with E-state index >= 15 is 0 Å². The minimum Gasteiger partial charge on any atom is -0.496 e. The first-order valence-electron chi connectivity index (χ1n) is 5.25. The SMILES string of the molecule is COc1cc(C)c(C(F)(F)CC#N)c(C)c1C. The monoisotopic (exact) mass is 239 g/mol. The largest absolute Gasteiger partial charge is 0.496 e. The number of hydrogen-bond donors (Lipinski definition) is 0. The van der Waals surface area contributed by atoms with Gasteiger partial charge in [0.2, 0.25) is 0 Å². The van der Waals surface area contributed by atoms with Gasteiger partial charge in [0.1, 0.15) is 12.2 Å². The summed E-state index contributed by atoms with van der Waals surface area (Å²) in [6.45, 7) is 4.97. The van der Waals surface area contributed by atoms with Gasteiger partial charge in [-0.1, -0.05) is 0 Å². The fourth-order valence-electron chi connectivity index (χ4n) is 2.01. The molecule has 1 aromatic carbocycles. The lowest BCUT2D eigenvalue weighted by Crippen LogP contribution is -2.17. The smallest absolute Gasteiger partial charge is 0.286 e. The summed E-state index contributed by atoms with van der Waals surface area (Å²) in [5.74, 6) is -2.52. The Morgan fingerprint density at radius 2 is 1.88 bits per heavy atom. The highest BCUT2D eigenvalue weighted by Gasteiger charge is 2.35. The standard InChI is InChI=1S/C13H15F2NO/c1-8-7-11(17-4)9(2)10(3)12(8)13(14,15)5-6-16/h7H,5H2,1-4H3. The molecule has 92 valence electrons. The number of aryl methyl sites for hydroxylation is 1. The average molecular weight is 239 g/mol. The van der Waals surface area contributed by atoms with Crippen molar-refractivity contribution in [3.8, 4) is 11.8 Å². The number of benzene rings is 1. The molecule has 2 nitrogen and oxygen atoms in total. The van der Waals surface area contributed by atoms with Crippen LogP contribution in [0.15, 0.2) is 6.07 Å². The summed E-state index contributed by atoms with van der Waals surface area (Å²) in [6.07, 6.45) is -0.805. The predicted octanol–water partition coefficient (Wildman–Crippen LogP) is 3.63. The highest BCUT2D eigenvalue weighted by Crippen LogP contribution is 2.39. The molecule has 0 aliphatic carbocycles. The Morgan fingerprint density at radius 1 is 1.29 bits per heavy atom. The van der Waals surface area contributed by atoms with Crippen LogP contribution >= 0.6 is 0 Å². The highest BCUT2D eigenvalue weighted by molar-refractivity contribution is 5.50. The number of hydrogen-bond acceptors (Lipinski definition) is 2. The van der Waals surface area contributed by atoms with E-state index in [-0.39, 0.29) is 5.56 Å². The van der Waals surface area contributed by atoms with Gasteiger partial charge in [0.25, 0.3) is 5.92 Å². The maximum absolute atomic E-state index is 13.8. The van der Waals surface area contributed by atoms with Gasteiger partial charge in [0.05, 0.1) is 13.2 Å². The van der Waals surface area contributed by atoms with Gasteiger partial charge in [-0.2, -0.15) is 5.26 Å². The van der Waals surface area contributed by atoms with Crippen LogP contribution in [0.25, 0.3) is 0 Å². The molecule has 0 aliphatic heterocycles. The van der Waals surface area contributed by atoms with Crippen LogP contribution in [0, 0.1) is 32.1 Å². The van der Waals surface area contributed by atoms with Crippen molar-refractivity contribution in [1.82, 2.24) is 0 Å². The minimum atomic E-state index is -3.11. The highest BCUT2D eigenvalue weighted by atomic mass is 19.3. The van der Waals surface area contributed by atoms with Crippen molar-refractivity contribution >= 4 is 0 Å². The Kier molecular flexibility index (Phi) is 3.72. The number of nitriles is 1. The number of halogens is 2. The number of methoxy groups -OCH3 is 1. The van der Waals surface area contributed by atoms with Crippen molar-refractivity contribution < 1.29 is 13.5 Å². The summed E-state index contributed by atoms with van der Waals surface area (Å²) in [5.41, 5.74) is 1.57. The minimum absolute atomic E-state index is 0.0580. The van der Waals surface area contributed by atoms with E-state index in [4.69, 9.17) is 10.00 Å². The van der Waals surface area contributed by atoms with E-state index in [1.165, 1.54) is 13.2 Å². The van der Waals surface area contributed by atoms with Gasteiger partial charge in [0, 0.05) is 5.56 Å². The number of nitrogens with zero attached hydrogens (tertiary/aromatic N) is 1. The second-order valence-corrected chi connectivity index (χ2v) is 4.06. The van der Waals surface area contributed by atoms with E-state index in [2.05, 4.69) is 0 Å². The molecule has 0 saturated heterocycles. The Labute approximate surface area is 99.8 Å². The molecule has 0 aromatic heterocycles. The van der Waals surface area contributed by atoms with Crippen LogP contribution in [-0.2, 0) is 5.92 Å². The zero-order valence-corrected chi connectivity index (χ0v) is 10.4. The lowest BCUT2D eigenvalue weighted by molar-refractivity contribution is -0.000408. The van der Waals surface area contributed by atoms with Gasteiger partial charge in [0.15, 0.2) is 0 Å². The average Bonchev–Trinajstić information content (AvgIpc) is 2.23. The van der Waals surface area contributed by atoms with E-state index in [1.54, 1.807) is 26.8 Å². The Hall–Kier alpha value is -1.63. The van der Waals surface area contributed by atoms with E-state index < -0.39 is 12.3 Å². The molecule has 0 amide bonds. The molecule has 0 aliphatic rings. The number of ether oxygens (including phenoxy) is 1. The Bertz CT molecular complexity index is 475. The van der Waals surface area contributed by atoms with E-state index in [0.29, 0.717) is 22.4 Å². The molecule has 0 atom stereocenters. The van der Waals surface area contributed by atoms with Crippen LogP contribution in [-0.4, -0.2) is 7.11 Å². The second kappa shape index (κ2) is 4.70. The van der Waals surface area contributed by atoms with E-state index in [9.17, 15) is 8.78 Å². The van der Waals surface area contributed by atoms with Crippen molar-refractivity contribution in [2.75, 3.05) is 7.11 Å². The fourth-order valence-corrected chi connectivity index (χ4v) is 2.01. The number of rotatable bonds is 3. The van der Waals surface area contributed by atoms with E-state index in [1.807, 2.05) is 0 Å². The maximum atomic E-state index is 13.8. The molecule has 4 heteroatoms. The lowest BCUT2D eigenvalue weighted by Gasteiger charge is -2.21. The normalized spacial score (nSPS) is 11.1. The van der Waals surface area contributed by atoms with Gasteiger partial charge >= 0.3 is 0 Å². The summed E-state index contributed by atoms with van der Waals surface area (Å²) >= 11 is 0. The zero-order valence-electron chi connectivity index (χ0n) is 10.4. The molecule has 0 fully saturated rings. The van der Waals surface area contributed by atoms with Gasteiger partial charge in [-0.3, -0.25) is 0 Å². The van der Waals surface area contributed by atoms with Crippen molar-refractivity contribution in [3.63, 3.8) is 0 Å². The molecule has 0 bridgehead atoms. The first-order valence-corrected chi connectivity index (χ1v) is 5.25. The molecular formula is C13H15F2NO. The maximum Gasteiger partial charge on any atom is 0.286 e. The molecule has 0 saturated carbocycles. The Morgan fingerprint density at radius 3 is 2.35 bits per heavy atom. The molecule has 17 heavy (non-hydrogen) atoms. The quantitative estimate of drug-likeness (QED) is 0.807. The molecule has 0 heterocycles.